The van der Waals surface area contributed by atoms with Crippen molar-refractivity contribution in [3.8, 4) is 0 Å². The van der Waals surface area contributed by atoms with Crippen molar-refractivity contribution in [3.05, 3.63) is 40.4 Å². The van der Waals surface area contributed by atoms with Crippen molar-refractivity contribution in [2.45, 2.75) is 20.8 Å². The van der Waals surface area contributed by atoms with Gasteiger partial charge in [-0.15, -0.1) is 0 Å². The first kappa shape index (κ1) is 19.4. The molecule has 0 radical (unpaired) electrons. The van der Waals surface area contributed by atoms with E-state index in [1.165, 1.54) is 0 Å². The van der Waals surface area contributed by atoms with Gasteiger partial charge in [-0.1, -0.05) is 11.3 Å². The van der Waals surface area contributed by atoms with Crippen LogP contribution in [0.4, 0.5) is 15.6 Å². The Hall–Kier alpha value is -2.94. The van der Waals surface area contributed by atoms with E-state index >= 15 is 0 Å². The van der Waals surface area contributed by atoms with Crippen LogP contribution in [0.25, 0.3) is 0 Å². The Balaban J connectivity index is 1.97. The lowest BCUT2D eigenvalue weighted by Gasteiger charge is -2.06. The van der Waals surface area contributed by atoms with Gasteiger partial charge in [0, 0.05) is 5.69 Å². The van der Waals surface area contributed by atoms with Crippen molar-refractivity contribution in [3.63, 3.8) is 0 Å². The number of rotatable bonds is 6. The van der Waals surface area contributed by atoms with Crippen molar-refractivity contribution < 1.29 is 23.9 Å². The maximum absolute atomic E-state index is 12.1. The molecule has 2 N–H and O–H groups in total. The summed E-state index contributed by atoms with van der Waals surface area (Å²) in [6, 6.07) is 5.77. The number of aryl methyl sites for hydroxylation is 1. The van der Waals surface area contributed by atoms with Crippen LogP contribution in [0, 0.1) is 6.92 Å². The summed E-state index contributed by atoms with van der Waals surface area (Å²) in [4.78, 5) is 39.9. The van der Waals surface area contributed by atoms with Gasteiger partial charge in [0.1, 0.15) is 4.88 Å². The second-order valence-corrected chi connectivity index (χ2v) is 6.03. The number of anilines is 2. The molecule has 0 saturated heterocycles. The molecule has 1 aromatic heterocycles. The van der Waals surface area contributed by atoms with Crippen molar-refractivity contribution >= 4 is 40.1 Å². The summed E-state index contributed by atoms with van der Waals surface area (Å²) in [5.74, 6) is -0.890. The highest BCUT2D eigenvalue weighted by atomic mass is 32.1. The zero-order valence-electron chi connectivity index (χ0n) is 14.6. The molecule has 0 fully saturated rings. The van der Waals surface area contributed by atoms with E-state index in [2.05, 4.69) is 15.6 Å². The molecule has 0 aliphatic heterocycles. The molecule has 0 unspecified atom stereocenters. The lowest BCUT2D eigenvalue weighted by Crippen LogP contribution is -2.19. The largest absolute Gasteiger partial charge is 0.462 e. The third kappa shape index (κ3) is 5.03. The van der Waals surface area contributed by atoms with Crippen LogP contribution in [0.15, 0.2) is 24.3 Å². The molecular formula is C17H19N3O5S. The number of amides is 2. The van der Waals surface area contributed by atoms with E-state index in [9.17, 15) is 14.4 Å². The monoisotopic (exact) mass is 377 g/mol. The Morgan fingerprint density at radius 1 is 1.00 bits per heavy atom. The van der Waals surface area contributed by atoms with Crippen LogP contribution < -0.4 is 10.6 Å². The fourth-order valence-electron chi connectivity index (χ4n) is 2.00. The molecule has 0 aliphatic rings. The normalized spacial score (nSPS) is 10.1. The van der Waals surface area contributed by atoms with Crippen molar-refractivity contribution in [2.75, 3.05) is 23.8 Å². The highest BCUT2D eigenvalue weighted by Gasteiger charge is 2.17. The van der Waals surface area contributed by atoms with Gasteiger partial charge < -0.3 is 14.8 Å². The van der Waals surface area contributed by atoms with Crippen LogP contribution in [0.2, 0.25) is 0 Å². The number of benzene rings is 1. The number of nitrogens with one attached hydrogen (secondary N) is 2. The van der Waals surface area contributed by atoms with Gasteiger partial charge >= 0.3 is 18.0 Å². The molecule has 1 aromatic carbocycles. The maximum atomic E-state index is 12.1. The first-order valence-corrected chi connectivity index (χ1v) is 8.76. The number of carbonyl (C=O) groups excluding carboxylic acids is 3. The van der Waals surface area contributed by atoms with E-state index in [-0.39, 0.29) is 11.7 Å². The molecule has 2 amide bonds. The van der Waals surface area contributed by atoms with Gasteiger partial charge in [0.25, 0.3) is 0 Å². The minimum atomic E-state index is -0.516. The Bertz CT molecular complexity index is 801. The van der Waals surface area contributed by atoms with Crippen molar-refractivity contribution in [2.24, 2.45) is 0 Å². The smallest absolute Gasteiger partial charge is 0.350 e. The summed E-state index contributed by atoms with van der Waals surface area (Å²) in [6.07, 6.45) is 0. The third-order valence-electron chi connectivity index (χ3n) is 3.13. The van der Waals surface area contributed by atoms with Gasteiger partial charge in [-0.2, -0.15) is 0 Å². The molecule has 0 aliphatic carbocycles. The van der Waals surface area contributed by atoms with E-state index in [0.717, 1.165) is 11.3 Å². The summed E-state index contributed by atoms with van der Waals surface area (Å²) >= 11 is 1.04. The number of thiazole rings is 1. The lowest BCUT2D eigenvalue weighted by atomic mass is 10.2. The summed E-state index contributed by atoms with van der Waals surface area (Å²) < 4.78 is 9.83. The standard InChI is InChI=1S/C17H19N3O5S/c1-4-24-14(21)11-6-8-12(9-7-11)19-16(23)20-17-18-10(3)13(26-17)15(22)25-5-2/h6-9H,4-5H2,1-3H3,(H2,18,19,20,23). The predicted octanol–water partition coefficient (Wildman–Crippen LogP) is 3.45. The molecule has 2 rings (SSSR count). The predicted molar refractivity (Wildman–Crippen MR) is 97.8 cm³/mol. The number of hydrogen-bond donors (Lipinski definition) is 2. The molecule has 0 bridgehead atoms. The molecule has 0 atom stereocenters. The molecule has 9 heteroatoms. The number of hydrogen-bond acceptors (Lipinski definition) is 7. The first-order valence-electron chi connectivity index (χ1n) is 7.94. The summed E-state index contributed by atoms with van der Waals surface area (Å²) in [7, 11) is 0. The Morgan fingerprint density at radius 2 is 1.62 bits per heavy atom. The molecule has 0 spiro atoms. The number of nitrogens with zero attached hydrogens (tertiary/aromatic N) is 1. The van der Waals surface area contributed by atoms with Crippen molar-refractivity contribution in [1.29, 1.82) is 0 Å². The average molecular weight is 377 g/mol. The summed E-state index contributed by atoms with van der Waals surface area (Å²) in [5, 5.41) is 5.47. The van der Waals surface area contributed by atoms with Crippen LogP contribution >= 0.6 is 11.3 Å². The Morgan fingerprint density at radius 3 is 2.23 bits per heavy atom. The number of ether oxygens (including phenoxy) is 2. The van der Waals surface area contributed by atoms with Crippen LogP contribution in [0.1, 0.15) is 39.6 Å². The van der Waals surface area contributed by atoms with Crippen LogP contribution in [-0.2, 0) is 9.47 Å². The van der Waals surface area contributed by atoms with Crippen LogP contribution in [0.5, 0.6) is 0 Å². The number of esters is 2. The zero-order valence-corrected chi connectivity index (χ0v) is 15.4. The van der Waals surface area contributed by atoms with Crippen molar-refractivity contribution in [1.82, 2.24) is 4.98 Å². The quantitative estimate of drug-likeness (QED) is 0.747. The number of carbonyl (C=O) groups is 3. The van der Waals surface area contributed by atoms with Gasteiger partial charge in [0.05, 0.1) is 24.5 Å². The second kappa shape index (κ2) is 8.95. The van der Waals surface area contributed by atoms with E-state index < -0.39 is 18.0 Å². The van der Waals surface area contributed by atoms with Gasteiger partial charge in [0.15, 0.2) is 5.13 Å². The van der Waals surface area contributed by atoms with Crippen LogP contribution in [-0.4, -0.2) is 36.2 Å². The van der Waals surface area contributed by atoms with E-state index in [0.29, 0.717) is 28.4 Å². The Labute approximate surface area is 154 Å². The minimum Gasteiger partial charge on any atom is -0.462 e. The highest BCUT2D eigenvalue weighted by Crippen LogP contribution is 2.23. The van der Waals surface area contributed by atoms with Gasteiger partial charge in [0.2, 0.25) is 0 Å². The molecule has 2 aromatic rings. The summed E-state index contributed by atoms with van der Waals surface area (Å²) in [5.41, 5.74) is 1.38. The van der Waals surface area contributed by atoms with Gasteiger partial charge in [-0.05, 0) is 45.0 Å². The fraction of sp³-hybridized carbons (Fsp3) is 0.294. The first-order chi connectivity index (χ1) is 12.4. The van der Waals surface area contributed by atoms with Gasteiger partial charge in [-0.3, -0.25) is 5.32 Å². The molecule has 138 valence electrons. The third-order valence-corrected chi connectivity index (χ3v) is 4.18. The topological polar surface area (TPSA) is 107 Å². The average Bonchev–Trinajstić information content (AvgIpc) is 2.96. The molecule has 1 heterocycles. The van der Waals surface area contributed by atoms with E-state index in [1.54, 1.807) is 45.0 Å². The van der Waals surface area contributed by atoms with E-state index in [4.69, 9.17) is 9.47 Å². The number of aromatic nitrogens is 1. The molecular weight excluding hydrogens is 358 g/mol. The number of urea groups is 1. The SMILES string of the molecule is CCOC(=O)c1ccc(NC(=O)Nc2nc(C)c(C(=O)OCC)s2)cc1. The zero-order chi connectivity index (χ0) is 19.1. The lowest BCUT2D eigenvalue weighted by molar-refractivity contribution is 0.0518. The van der Waals surface area contributed by atoms with E-state index in [1.807, 2.05) is 0 Å². The molecule has 26 heavy (non-hydrogen) atoms. The second-order valence-electron chi connectivity index (χ2n) is 5.03. The Kier molecular flexibility index (Phi) is 6.67. The maximum Gasteiger partial charge on any atom is 0.350 e. The molecule has 8 nitrogen and oxygen atoms in total. The summed E-state index contributed by atoms with van der Waals surface area (Å²) in [6.45, 7) is 5.67. The molecule has 0 saturated carbocycles. The highest BCUT2D eigenvalue weighted by molar-refractivity contribution is 7.17. The minimum absolute atomic E-state index is 0.265. The fourth-order valence-corrected chi connectivity index (χ4v) is 2.85. The van der Waals surface area contributed by atoms with Gasteiger partial charge in [-0.25, -0.2) is 19.4 Å². The van der Waals surface area contributed by atoms with Crippen LogP contribution in [0.3, 0.4) is 0 Å².